The van der Waals surface area contributed by atoms with E-state index < -0.39 is 48.7 Å². The van der Waals surface area contributed by atoms with Crippen LogP contribution in [-0.2, 0) is 41.9 Å². The predicted molar refractivity (Wildman–Crippen MR) is 109 cm³/mol. The summed E-state index contributed by atoms with van der Waals surface area (Å²) in [4.78, 5) is 47.2. The molecule has 2 aromatic carbocycles. The number of hydrogen-bond acceptors (Lipinski definition) is 6. The predicted octanol–water partition coefficient (Wildman–Crippen LogP) is 3.11. The molecule has 2 rings (SSSR count). The van der Waals surface area contributed by atoms with Gasteiger partial charge in [0.05, 0.1) is 19.3 Å². The highest BCUT2D eigenvalue weighted by Crippen LogP contribution is 2.20. The van der Waals surface area contributed by atoms with Gasteiger partial charge in [-0.2, -0.15) is 0 Å². The summed E-state index contributed by atoms with van der Waals surface area (Å²) in [7, 11) is 0. The van der Waals surface area contributed by atoms with Crippen molar-refractivity contribution in [3.05, 3.63) is 82.9 Å². The molecule has 0 saturated carbocycles. The van der Waals surface area contributed by atoms with Crippen molar-refractivity contribution in [2.75, 3.05) is 0 Å². The molecule has 0 aliphatic carbocycles. The number of carbonyl (C=O) groups excluding carboxylic acids is 2. The van der Waals surface area contributed by atoms with Crippen LogP contribution in [0.1, 0.15) is 30.4 Å². The molecule has 2 N–H and O–H groups in total. The van der Waals surface area contributed by atoms with Crippen molar-refractivity contribution in [3.63, 3.8) is 0 Å². The number of carboxylic acids is 2. The van der Waals surface area contributed by atoms with Crippen molar-refractivity contribution >= 4 is 23.9 Å². The molecular weight excluding hydrogens is 404 g/mol. The molecule has 0 unspecified atom stereocenters. The van der Waals surface area contributed by atoms with Gasteiger partial charge in [0.1, 0.15) is 13.2 Å². The smallest absolute Gasteiger partial charge is 0.332 e. The molecule has 162 valence electrons. The second-order valence-corrected chi connectivity index (χ2v) is 6.60. The summed E-state index contributed by atoms with van der Waals surface area (Å²) >= 11 is 0. The Bertz CT molecular complexity index is 889. The van der Waals surface area contributed by atoms with Crippen LogP contribution >= 0.6 is 0 Å². The highest BCUT2D eigenvalue weighted by Gasteiger charge is 2.23. The Labute approximate surface area is 178 Å². The molecule has 0 fully saturated rings. The lowest BCUT2D eigenvalue weighted by molar-refractivity contribution is -0.145. The maximum Gasteiger partial charge on any atom is 0.332 e. The number of carbonyl (C=O) groups is 4. The molecule has 0 saturated heterocycles. The average Bonchev–Trinajstić information content (AvgIpc) is 2.75. The van der Waals surface area contributed by atoms with Crippen molar-refractivity contribution in [1.29, 1.82) is 0 Å². The number of esters is 2. The van der Waals surface area contributed by atoms with Crippen molar-refractivity contribution in [2.45, 2.75) is 32.5 Å². The van der Waals surface area contributed by atoms with Gasteiger partial charge in [-0.1, -0.05) is 60.7 Å². The first kappa shape index (κ1) is 23.3. The molecule has 0 heterocycles. The van der Waals surface area contributed by atoms with Crippen LogP contribution in [0.15, 0.2) is 71.8 Å². The highest BCUT2D eigenvalue weighted by atomic mass is 16.5. The maximum atomic E-state index is 12.3. The molecule has 2 aromatic rings. The van der Waals surface area contributed by atoms with Crippen molar-refractivity contribution < 1.29 is 38.9 Å². The van der Waals surface area contributed by atoms with E-state index in [-0.39, 0.29) is 18.8 Å². The van der Waals surface area contributed by atoms with E-state index in [1.54, 1.807) is 60.7 Å². The number of benzene rings is 2. The molecule has 8 nitrogen and oxygen atoms in total. The summed E-state index contributed by atoms with van der Waals surface area (Å²) in [5.74, 6) is -4.48. The first-order valence-corrected chi connectivity index (χ1v) is 9.40. The SMILES string of the molecule is O=C(O)CC(C(=O)O)=C(CC(=O)OCc1ccccc1)CC(=O)OCc1ccccc1. The van der Waals surface area contributed by atoms with E-state index in [1.807, 2.05) is 0 Å². The second kappa shape index (κ2) is 11.9. The Morgan fingerprint density at radius 2 is 1.06 bits per heavy atom. The third kappa shape index (κ3) is 8.53. The monoisotopic (exact) mass is 426 g/mol. The van der Waals surface area contributed by atoms with Gasteiger partial charge in [0, 0.05) is 5.57 Å². The summed E-state index contributed by atoms with van der Waals surface area (Å²) < 4.78 is 10.3. The molecule has 31 heavy (non-hydrogen) atoms. The molecule has 0 aromatic heterocycles. The van der Waals surface area contributed by atoms with Gasteiger partial charge in [-0.05, 0) is 16.7 Å². The number of aliphatic carboxylic acids is 2. The fraction of sp³-hybridized carbons (Fsp3) is 0.217. The zero-order valence-electron chi connectivity index (χ0n) is 16.7. The Morgan fingerprint density at radius 1 is 0.645 bits per heavy atom. The van der Waals surface area contributed by atoms with Crippen molar-refractivity contribution in [1.82, 2.24) is 0 Å². The quantitative estimate of drug-likeness (QED) is 0.414. The number of hydrogen-bond donors (Lipinski definition) is 2. The van der Waals surface area contributed by atoms with E-state index in [1.165, 1.54) is 0 Å². The van der Waals surface area contributed by atoms with Crippen LogP contribution in [0.25, 0.3) is 0 Å². The fourth-order valence-electron chi connectivity index (χ4n) is 2.71. The number of ether oxygens (including phenoxy) is 2. The van der Waals surface area contributed by atoms with Gasteiger partial charge in [0.2, 0.25) is 0 Å². The van der Waals surface area contributed by atoms with Gasteiger partial charge >= 0.3 is 23.9 Å². The van der Waals surface area contributed by atoms with Gasteiger partial charge in [0.25, 0.3) is 0 Å². The lowest BCUT2D eigenvalue weighted by Crippen LogP contribution is -2.16. The lowest BCUT2D eigenvalue weighted by atomic mass is 9.99. The topological polar surface area (TPSA) is 127 Å². The van der Waals surface area contributed by atoms with Gasteiger partial charge in [-0.3, -0.25) is 14.4 Å². The maximum absolute atomic E-state index is 12.3. The zero-order chi connectivity index (χ0) is 22.6. The summed E-state index contributed by atoms with van der Waals surface area (Å²) in [6.45, 7) is -0.0700. The van der Waals surface area contributed by atoms with Gasteiger partial charge in [-0.25, -0.2) is 4.79 Å². The van der Waals surface area contributed by atoms with E-state index in [4.69, 9.17) is 14.6 Å². The van der Waals surface area contributed by atoms with E-state index in [9.17, 15) is 24.3 Å². The molecule has 0 amide bonds. The second-order valence-electron chi connectivity index (χ2n) is 6.60. The van der Waals surface area contributed by atoms with Crippen LogP contribution in [0, 0.1) is 0 Å². The van der Waals surface area contributed by atoms with Gasteiger partial charge in [-0.15, -0.1) is 0 Å². The summed E-state index contributed by atoms with van der Waals surface area (Å²) in [6.07, 6.45) is -1.92. The van der Waals surface area contributed by atoms with Gasteiger partial charge < -0.3 is 19.7 Å². The Kier molecular flexibility index (Phi) is 8.97. The Morgan fingerprint density at radius 3 is 1.42 bits per heavy atom. The molecule has 0 bridgehead atoms. The van der Waals surface area contributed by atoms with E-state index in [0.29, 0.717) is 0 Å². The third-order valence-electron chi connectivity index (χ3n) is 4.21. The fourth-order valence-corrected chi connectivity index (χ4v) is 2.71. The van der Waals surface area contributed by atoms with Crippen molar-refractivity contribution in [3.8, 4) is 0 Å². The molecule has 8 heteroatoms. The van der Waals surface area contributed by atoms with Crippen LogP contribution in [0.5, 0.6) is 0 Å². The minimum Gasteiger partial charge on any atom is -0.481 e. The van der Waals surface area contributed by atoms with E-state index in [0.717, 1.165) is 11.1 Å². The zero-order valence-corrected chi connectivity index (χ0v) is 16.7. The standard InChI is InChI=1S/C23H22O8/c24-20(25)13-19(23(28)29)18(11-21(26)30-14-16-7-3-1-4-8-16)12-22(27)31-15-17-9-5-2-6-10-17/h1-10H,11-15H2,(H,24,25)(H,28,29). The molecular formula is C23H22O8. The molecule has 0 radical (unpaired) electrons. The van der Waals surface area contributed by atoms with Crippen LogP contribution in [0.2, 0.25) is 0 Å². The van der Waals surface area contributed by atoms with Crippen LogP contribution in [0.3, 0.4) is 0 Å². The lowest BCUT2D eigenvalue weighted by Gasteiger charge is -2.12. The van der Waals surface area contributed by atoms with Crippen LogP contribution in [-0.4, -0.2) is 34.1 Å². The van der Waals surface area contributed by atoms with Crippen molar-refractivity contribution in [2.24, 2.45) is 0 Å². The van der Waals surface area contributed by atoms with Crippen LogP contribution < -0.4 is 0 Å². The first-order valence-electron chi connectivity index (χ1n) is 9.40. The third-order valence-corrected chi connectivity index (χ3v) is 4.21. The van der Waals surface area contributed by atoms with E-state index >= 15 is 0 Å². The normalized spacial score (nSPS) is 10.1. The van der Waals surface area contributed by atoms with Gasteiger partial charge in [0.15, 0.2) is 0 Å². The molecule has 0 aliphatic rings. The summed E-state index contributed by atoms with van der Waals surface area (Å²) in [5, 5.41) is 18.4. The highest BCUT2D eigenvalue weighted by molar-refractivity contribution is 5.95. The Hall–Kier alpha value is -3.94. The average molecular weight is 426 g/mol. The molecule has 0 spiro atoms. The van der Waals surface area contributed by atoms with E-state index in [2.05, 4.69) is 0 Å². The summed E-state index contributed by atoms with van der Waals surface area (Å²) in [6, 6.07) is 17.7. The number of carboxylic acid groups (broad SMARTS) is 2. The first-order chi connectivity index (χ1) is 14.8. The largest absolute Gasteiger partial charge is 0.481 e. The number of rotatable bonds is 11. The molecule has 0 atom stereocenters. The summed E-state index contributed by atoms with van der Waals surface area (Å²) in [5.41, 5.74) is 0.757. The Balaban J connectivity index is 2.09. The minimum absolute atomic E-state index is 0.0350. The molecule has 0 aliphatic heterocycles. The van der Waals surface area contributed by atoms with Crippen LogP contribution in [0.4, 0.5) is 0 Å². The minimum atomic E-state index is -1.52.